The van der Waals surface area contributed by atoms with Gasteiger partial charge in [0.25, 0.3) is 0 Å². The van der Waals surface area contributed by atoms with Crippen LogP contribution in [0.15, 0.2) is 54.7 Å². The highest BCUT2D eigenvalue weighted by Crippen LogP contribution is 2.26. The molecule has 8 heteroatoms. The molecule has 1 aromatic heterocycles. The molecule has 32 heavy (non-hydrogen) atoms. The van der Waals surface area contributed by atoms with Gasteiger partial charge in [-0.2, -0.15) is 8.78 Å². The van der Waals surface area contributed by atoms with E-state index >= 15 is 0 Å². The Bertz CT molecular complexity index is 1040. The summed E-state index contributed by atoms with van der Waals surface area (Å²) in [6, 6.07) is 14.4. The number of rotatable bonds is 9. The molecule has 0 unspecified atom stereocenters. The standard InChI is InChI=1S/C24H29BF2N2O3/c1-16-14-28-21(17-10-12-19(13-11-17)31-22(26)27)29(16)15-18-8-6-7-9-20(18)25-32-24(4,5)23(2,3)30/h6-14,22,25,30H,15H2,1-5H3. The van der Waals surface area contributed by atoms with Crippen LogP contribution < -0.4 is 10.2 Å². The smallest absolute Gasteiger partial charge is 0.387 e. The fourth-order valence-corrected chi connectivity index (χ4v) is 3.13. The summed E-state index contributed by atoms with van der Waals surface area (Å²) >= 11 is 0. The number of aliphatic hydroxyl groups is 1. The average molecular weight is 442 g/mol. The number of nitrogens with zero attached hydrogens (tertiary/aromatic N) is 2. The molecule has 0 fully saturated rings. The number of ether oxygens (including phenoxy) is 1. The molecule has 170 valence electrons. The molecule has 0 spiro atoms. The van der Waals surface area contributed by atoms with Crippen LogP contribution in [0.1, 0.15) is 39.0 Å². The summed E-state index contributed by atoms with van der Waals surface area (Å²) in [7, 11) is 0.357. The quantitative estimate of drug-likeness (QED) is 0.508. The van der Waals surface area contributed by atoms with Crippen LogP contribution in [0.2, 0.25) is 0 Å². The molecule has 0 aliphatic rings. The minimum Gasteiger partial charge on any atom is -0.435 e. The van der Waals surface area contributed by atoms with Crippen molar-refractivity contribution in [3.05, 3.63) is 66.0 Å². The fraction of sp³-hybridized carbons (Fsp3) is 0.375. The van der Waals surface area contributed by atoms with Crippen LogP contribution >= 0.6 is 0 Å². The van der Waals surface area contributed by atoms with Gasteiger partial charge in [0.2, 0.25) is 0 Å². The fourth-order valence-electron chi connectivity index (χ4n) is 3.13. The molecular weight excluding hydrogens is 413 g/mol. The number of aromatic nitrogens is 2. The largest absolute Gasteiger partial charge is 0.435 e. The molecule has 2 aromatic carbocycles. The first kappa shape index (κ1) is 23.9. The maximum atomic E-state index is 12.4. The molecule has 0 aliphatic carbocycles. The van der Waals surface area contributed by atoms with Crippen molar-refractivity contribution < 1.29 is 23.3 Å². The lowest BCUT2D eigenvalue weighted by Gasteiger charge is -2.37. The summed E-state index contributed by atoms with van der Waals surface area (Å²) in [6.07, 6.45) is 1.79. The van der Waals surface area contributed by atoms with E-state index in [-0.39, 0.29) is 5.75 Å². The van der Waals surface area contributed by atoms with Gasteiger partial charge in [0.05, 0.1) is 11.2 Å². The Kier molecular flexibility index (Phi) is 7.05. The number of alkyl halides is 2. The Morgan fingerprint density at radius 1 is 1.06 bits per heavy atom. The molecule has 1 heterocycles. The monoisotopic (exact) mass is 442 g/mol. The van der Waals surface area contributed by atoms with Gasteiger partial charge >= 0.3 is 14.1 Å². The molecule has 1 N–H and O–H groups in total. The third-order valence-corrected chi connectivity index (χ3v) is 5.90. The molecule has 0 amide bonds. The summed E-state index contributed by atoms with van der Waals surface area (Å²) in [5.74, 6) is 0.842. The van der Waals surface area contributed by atoms with Crippen LogP contribution in [0.4, 0.5) is 8.78 Å². The Hall–Kier alpha value is -2.71. The third-order valence-electron chi connectivity index (χ3n) is 5.90. The van der Waals surface area contributed by atoms with Crippen LogP contribution in [-0.4, -0.2) is 40.0 Å². The number of benzene rings is 2. The van der Waals surface area contributed by atoms with Crippen molar-refractivity contribution in [2.75, 3.05) is 0 Å². The van der Waals surface area contributed by atoms with Crippen molar-refractivity contribution in [1.29, 1.82) is 0 Å². The highest BCUT2D eigenvalue weighted by molar-refractivity contribution is 6.47. The summed E-state index contributed by atoms with van der Waals surface area (Å²) in [4.78, 5) is 4.53. The predicted octanol–water partition coefficient (Wildman–Crippen LogP) is 4.05. The lowest BCUT2D eigenvalue weighted by atomic mass is 9.80. The Morgan fingerprint density at radius 3 is 2.34 bits per heavy atom. The van der Waals surface area contributed by atoms with Crippen molar-refractivity contribution in [3.8, 4) is 17.1 Å². The van der Waals surface area contributed by atoms with Crippen molar-refractivity contribution in [3.63, 3.8) is 0 Å². The molecule has 0 radical (unpaired) electrons. The molecule has 0 aliphatic heterocycles. The Morgan fingerprint density at radius 2 is 1.72 bits per heavy atom. The first-order valence-corrected chi connectivity index (χ1v) is 10.5. The summed E-state index contributed by atoms with van der Waals surface area (Å²) in [6.45, 7) is 6.89. The first-order chi connectivity index (χ1) is 15.0. The zero-order chi connectivity index (χ0) is 23.5. The molecule has 0 atom stereocenters. The molecular formula is C24H29BF2N2O3. The number of imidazole rings is 1. The Balaban J connectivity index is 1.84. The highest BCUT2D eigenvalue weighted by atomic mass is 19.3. The lowest BCUT2D eigenvalue weighted by molar-refractivity contribution is -0.0893. The van der Waals surface area contributed by atoms with Crippen LogP contribution in [0.3, 0.4) is 0 Å². The minimum atomic E-state index is -2.86. The SMILES string of the molecule is Cc1cnc(-c2ccc(OC(F)F)cc2)n1Cc1ccccc1BOC(C)(C)C(C)(C)O. The predicted molar refractivity (Wildman–Crippen MR) is 123 cm³/mol. The van der Waals surface area contributed by atoms with E-state index in [9.17, 15) is 13.9 Å². The number of hydrogen-bond donors (Lipinski definition) is 1. The van der Waals surface area contributed by atoms with E-state index < -0.39 is 17.8 Å². The molecule has 0 bridgehead atoms. The maximum absolute atomic E-state index is 12.4. The van der Waals surface area contributed by atoms with Gasteiger partial charge < -0.3 is 19.1 Å². The first-order valence-electron chi connectivity index (χ1n) is 10.5. The van der Waals surface area contributed by atoms with Gasteiger partial charge in [-0.05, 0) is 69.9 Å². The zero-order valence-electron chi connectivity index (χ0n) is 19.1. The van der Waals surface area contributed by atoms with Gasteiger partial charge in [-0.3, -0.25) is 0 Å². The van der Waals surface area contributed by atoms with E-state index in [0.717, 1.165) is 28.1 Å². The van der Waals surface area contributed by atoms with E-state index in [0.29, 0.717) is 14.0 Å². The summed E-state index contributed by atoms with van der Waals surface area (Å²) in [5, 5.41) is 10.4. The number of aryl methyl sites for hydroxylation is 1. The maximum Gasteiger partial charge on any atom is 0.387 e. The zero-order valence-corrected chi connectivity index (χ0v) is 19.1. The topological polar surface area (TPSA) is 56.5 Å². The molecule has 3 aromatic rings. The van der Waals surface area contributed by atoms with Crippen LogP contribution in [-0.2, 0) is 11.2 Å². The van der Waals surface area contributed by atoms with Crippen molar-refractivity contribution in [1.82, 2.24) is 9.55 Å². The second kappa shape index (κ2) is 9.42. The van der Waals surface area contributed by atoms with E-state index in [2.05, 4.69) is 14.3 Å². The Labute approximate surface area is 188 Å². The van der Waals surface area contributed by atoms with Crippen molar-refractivity contribution in [2.24, 2.45) is 0 Å². The van der Waals surface area contributed by atoms with Gasteiger partial charge in [-0.1, -0.05) is 24.3 Å². The van der Waals surface area contributed by atoms with E-state index in [4.69, 9.17) is 4.65 Å². The third kappa shape index (κ3) is 5.55. The minimum absolute atomic E-state index is 0.107. The van der Waals surface area contributed by atoms with Crippen LogP contribution in [0, 0.1) is 6.92 Å². The molecule has 0 saturated carbocycles. The normalized spacial score (nSPS) is 12.3. The van der Waals surface area contributed by atoms with E-state index in [1.54, 1.807) is 32.2 Å². The van der Waals surface area contributed by atoms with Gasteiger partial charge in [-0.15, -0.1) is 0 Å². The van der Waals surface area contributed by atoms with Crippen molar-refractivity contribution in [2.45, 2.75) is 59.0 Å². The van der Waals surface area contributed by atoms with Crippen LogP contribution in [0.25, 0.3) is 11.4 Å². The summed E-state index contributed by atoms with van der Waals surface area (Å²) < 4.78 is 37.5. The average Bonchev–Trinajstić information content (AvgIpc) is 3.07. The molecule has 5 nitrogen and oxygen atoms in total. The highest BCUT2D eigenvalue weighted by Gasteiger charge is 2.35. The van der Waals surface area contributed by atoms with Crippen LogP contribution in [0.5, 0.6) is 5.75 Å². The van der Waals surface area contributed by atoms with Crippen molar-refractivity contribution >= 4 is 12.9 Å². The van der Waals surface area contributed by atoms with E-state index in [1.165, 1.54) is 12.1 Å². The van der Waals surface area contributed by atoms with Gasteiger partial charge in [0.1, 0.15) is 11.6 Å². The molecule has 3 rings (SSSR count). The summed E-state index contributed by atoms with van der Waals surface area (Å²) in [5.41, 5.74) is 2.15. The van der Waals surface area contributed by atoms with Gasteiger partial charge in [0.15, 0.2) is 0 Å². The van der Waals surface area contributed by atoms with E-state index in [1.807, 2.05) is 45.0 Å². The number of hydrogen-bond acceptors (Lipinski definition) is 4. The van der Waals surface area contributed by atoms with Gasteiger partial charge in [-0.25, -0.2) is 4.98 Å². The second-order valence-electron chi connectivity index (χ2n) is 8.84. The van der Waals surface area contributed by atoms with Gasteiger partial charge in [0, 0.05) is 24.0 Å². The number of halogens is 2. The second-order valence-corrected chi connectivity index (χ2v) is 8.84. The lowest BCUT2D eigenvalue weighted by Crippen LogP contribution is -2.49. The molecule has 0 saturated heterocycles.